The maximum absolute atomic E-state index is 12.5. The molecule has 1 fully saturated rings. The van der Waals surface area contributed by atoms with Gasteiger partial charge in [0, 0.05) is 32.6 Å². The van der Waals surface area contributed by atoms with Crippen LogP contribution in [0.1, 0.15) is 37.7 Å². The fourth-order valence-corrected chi connectivity index (χ4v) is 4.54. The number of nitrogens with zero attached hydrogens (tertiary/aromatic N) is 2. The summed E-state index contributed by atoms with van der Waals surface area (Å²) in [5.74, 6) is 0.149. The van der Waals surface area contributed by atoms with Gasteiger partial charge in [-0.05, 0) is 24.9 Å². The molecule has 0 atom stereocenters. The highest BCUT2D eigenvalue weighted by Gasteiger charge is 2.28. The first-order chi connectivity index (χ1) is 12.0. The number of hydrogen-bond donors (Lipinski definition) is 1. The number of benzene rings is 1. The molecule has 1 aliphatic rings. The minimum atomic E-state index is -3.33. The number of hydrogen-bond acceptors (Lipinski definition) is 4. The lowest BCUT2D eigenvalue weighted by Gasteiger charge is -2.34. The highest BCUT2D eigenvalue weighted by Crippen LogP contribution is 2.15. The number of carbonyl (C=O) groups excluding carboxylic acids is 1. The second kappa shape index (κ2) is 9.89. The van der Waals surface area contributed by atoms with Gasteiger partial charge in [-0.1, -0.05) is 43.2 Å². The van der Waals surface area contributed by atoms with E-state index in [2.05, 4.69) is 0 Å². The normalized spacial score (nSPS) is 16.1. The second-order valence-corrected chi connectivity index (χ2v) is 8.44. The van der Waals surface area contributed by atoms with Crippen molar-refractivity contribution in [2.24, 2.45) is 5.73 Å². The summed E-state index contributed by atoms with van der Waals surface area (Å²) in [6, 6.07) is 9.20. The summed E-state index contributed by atoms with van der Waals surface area (Å²) >= 11 is 0. The predicted octanol–water partition coefficient (Wildman–Crippen LogP) is 1.57. The van der Waals surface area contributed by atoms with Crippen molar-refractivity contribution in [3.05, 3.63) is 35.9 Å². The third-order valence-electron chi connectivity index (χ3n) is 4.52. The molecule has 140 valence electrons. The van der Waals surface area contributed by atoms with E-state index in [9.17, 15) is 13.2 Å². The average molecular weight is 368 g/mol. The zero-order valence-electron chi connectivity index (χ0n) is 14.8. The van der Waals surface area contributed by atoms with E-state index in [0.717, 1.165) is 31.2 Å². The molecule has 1 aromatic rings. The summed E-state index contributed by atoms with van der Waals surface area (Å²) in [7, 11) is -3.33. The Balaban J connectivity index is 1.75. The number of sulfonamides is 1. The van der Waals surface area contributed by atoms with Crippen molar-refractivity contribution in [1.82, 2.24) is 9.21 Å². The van der Waals surface area contributed by atoms with Crippen molar-refractivity contribution in [3.8, 4) is 0 Å². The van der Waals surface area contributed by atoms with Crippen LogP contribution in [0.15, 0.2) is 30.3 Å². The number of rotatable bonds is 9. The Bertz CT molecular complexity index is 626. The van der Waals surface area contributed by atoms with Crippen LogP contribution in [-0.4, -0.2) is 56.3 Å². The van der Waals surface area contributed by atoms with Crippen LogP contribution >= 0.6 is 0 Å². The molecule has 0 bridgehead atoms. The molecule has 2 N–H and O–H groups in total. The number of nitrogens with two attached hydrogens (primary N) is 1. The standard InChI is InChI=1S/C18H29N3O3S/c19-11-7-2-1-6-10-18(22)20-12-14-21(15-13-20)25(23,24)16-17-8-4-3-5-9-17/h3-5,8-9H,1-2,6-7,10-16,19H2. The summed E-state index contributed by atoms with van der Waals surface area (Å²) in [6.07, 6.45) is 4.52. The fraction of sp³-hybridized carbons (Fsp3) is 0.611. The molecular formula is C18H29N3O3S. The molecule has 0 saturated carbocycles. The summed E-state index contributed by atoms with van der Waals surface area (Å²) in [6.45, 7) is 2.43. The molecule has 1 aliphatic heterocycles. The number of piperazine rings is 1. The molecule has 2 rings (SSSR count). The number of unbranched alkanes of at least 4 members (excludes halogenated alkanes) is 3. The smallest absolute Gasteiger partial charge is 0.222 e. The molecule has 0 radical (unpaired) electrons. The molecule has 7 heteroatoms. The third-order valence-corrected chi connectivity index (χ3v) is 6.37. The van der Waals surface area contributed by atoms with E-state index in [4.69, 9.17) is 5.73 Å². The van der Waals surface area contributed by atoms with Crippen molar-refractivity contribution >= 4 is 15.9 Å². The molecule has 0 unspecified atom stereocenters. The van der Waals surface area contributed by atoms with E-state index >= 15 is 0 Å². The van der Waals surface area contributed by atoms with Crippen LogP contribution in [0.3, 0.4) is 0 Å². The van der Waals surface area contributed by atoms with Gasteiger partial charge in [0.05, 0.1) is 5.75 Å². The average Bonchev–Trinajstić information content (AvgIpc) is 2.62. The van der Waals surface area contributed by atoms with Gasteiger partial charge in [-0.2, -0.15) is 4.31 Å². The van der Waals surface area contributed by atoms with Crippen molar-refractivity contribution in [2.75, 3.05) is 32.7 Å². The topological polar surface area (TPSA) is 83.7 Å². The van der Waals surface area contributed by atoms with Crippen LogP contribution in [-0.2, 0) is 20.6 Å². The maximum Gasteiger partial charge on any atom is 0.222 e. The van der Waals surface area contributed by atoms with E-state index in [0.29, 0.717) is 39.1 Å². The highest BCUT2D eigenvalue weighted by molar-refractivity contribution is 7.88. The first-order valence-electron chi connectivity index (χ1n) is 9.02. The van der Waals surface area contributed by atoms with Crippen molar-refractivity contribution in [2.45, 2.75) is 37.9 Å². The number of carbonyl (C=O) groups is 1. The van der Waals surface area contributed by atoms with E-state index in [1.165, 1.54) is 4.31 Å². The molecule has 6 nitrogen and oxygen atoms in total. The van der Waals surface area contributed by atoms with Crippen LogP contribution < -0.4 is 5.73 Å². The molecule has 0 spiro atoms. The second-order valence-electron chi connectivity index (χ2n) is 6.47. The molecule has 0 aliphatic carbocycles. The van der Waals surface area contributed by atoms with E-state index in [1.54, 1.807) is 4.90 Å². The summed E-state index contributed by atoms with van der Waals surface area (Å²) in [5, 5.41) is 0. The van der Waals surface area contributed by atoms with Crippen LogP contribution in [0.5, 0.6) is 0 Å². The van der Waals surface area contributed by atoms with E-state index < -0.39 is 10.0 Å². The number of amides is 1. The summed E-state index contributed by atoms with van der Waals surface area (Å²) in [5.41, 5.74) is 6.25. The first-order valence-corrected chi connectivity index (χ1v) is 10.6. The van der Waals surface area contributed by atoms with E-state index in [-0.39, 0.29) is 11.7 Å². The first kappa shape index (κ1) is 19.9. The van der Waals surface area contributed by atoms with Gasteiger partial charge in [-0.15, -0.1) is 0 Å². The Hall–Kier alpha value is -1.44. The SMILES string of the molecule is NCCCCCCC(=O)N1CCN(S(=O)(=O)Cc2ccccc2)CC1. The van der Waals surface area contributed by atoms with Crippen LogP contribution in [0.2, 0.25) is 0 Å². The lowest BCUT2D eigenvalue weighted by Crippen LogP contribution is -2.50. The van der Waals surface area contributed by atoms with Gasteiger partial charge in [-0.25, -0.2) is 8.42 Å². The van der Waals surface area contributed by atoms with Crippen LogP contribution in [0, 0.1) is 0 Å². The van der Waals surface area contributed by atoms with Crippen molar-refractivity contribution < 1.29 is 13.2 Å². The minimum absolute atomic E-state index is 0.0168. The summed E-state index contributed by atoms with van der Waals surface area (Å²) < 4.78 is 26.5. The largest absolute Gasteiger partial charge is 0.340 e. The van der Waals surface area contributed by atoms with Crippen molar-refractivity contribution in [1.29, 1.82) is 0 Å². The highest BCUT2D eigenvalue weighted by atomic mass is 32.2. The third kappa shape index (κ3) is 6.41. The molecule has 1 amide bonds. The maximum atomic E-state index is 12.5. The molecule has 1 aromatic carbocycles. The fourth-order valence-electron chi connectivity index (χ4n) is 3.02. The molecule has 1 heterocycles. The van der Waals surface area contributed by atoms with Gasteiger partial charge in [0.15, 0.2) is 0 Å². The van der Waals surface area contributed by atoms with Gasteiger partial charge in [0.1, 0.15) is 0 Å². The van der Waals surface area contributed by atoms with Gasteiger partial charge in [-0.3, -0.25) is 4.79 Å². The van der Waals surface area contributed by atoms with Crippen molar-refractivity contribution in [3.63, 3.8) is 0 Å². The minimum Gasteiger partial charge on any atom is -0.340 e. The Morgan fingerprint density at radius 2 is 1.60 bits per heavy atom. The quantitative estimate of drug-likeness (QED) is 0.672. The molecular weight excluding hydrogens is 338 g/mol. The molecule has 0 aromatic heterocycles. The summed E-state index contributed by atoms with van der Waals surface area (Å²) in [4.78, 5) is 14.0. The lowest BCUT2D eigenvalue weighted by molar-refractivity contribution is -0.132. The lowest BCUT2D eigenvalue weighted by atomic mass is 10.1. The van der Waals surface area contributed by atoms with Crippen LogP contribution in [0.4, 0.5) is 0 Å². The van der Waals surface area contributed by atoms with Gasteiger partial charge < -0.3 is 10.6 Å². The van der Waals surface area contributed by atoms with E-state index in [1.807, 2.05) is 30.3 Å². The Morgan fingerprint density at radius 1 is 0.960 bits per heavy atom. The Kier molecular flexibility index (Phi) is 7.87. The zero-order chi connectivity index (χ0) is 18.1. The van der Waals surface area contributed by atoms with Crippen LogP contribution in [0.25, 0.3) is 0 Å². The Morgan fingerprint density at radius 3 is 2.24 bits per heavy atom. The predicted molar refractivity (Wildman–Crippen MR) is 99.4 cm³/mol. The Labute approximate surface area is 151 Å². The van der Waals surface area contributed by atoms with Gasteiger partial charge >= 0.3 is 0 Å². The molecule has 1 saturated heterocycles. The van der Waals surface area contributed by atoms with Gasteiger partial charge in [0.25, 0.3) is 0 Å². The zero-order valence-corrected chi connectivity index (χ0v) is 15.6. The monoisotopic (exact) mass is 367 g/mol. The molecule has 25 heavy (non-hydrogen) atoms. The van der Waals surface area contributed by atoms with Gasteiger partial charge in [0.2, 0.25) is 15.9 Å².